The summed E-state index contributed by atoms with van der Waals surface area (Å²) in [5, 5.41) is 17.2. The third kappa shape index (κ3) is 2.46. The van der Waals surface area contributed by atoms with E-state index < -0.39 is 11.5 Å². The van der Waals surface area contributed by atoms with E-state index >= 15 is 0 Å². The van der Waals surface area contributed by atoms with Crippen molar-refractivity contribution in [1.29, 1.82) is 0 Å². The number of carbonyl (C=O) groups excluding carboxylic acids is 1. The van der Waals surface area contributed by atoms with Crippen LogP contribution < -0.4 is 10.9 Å². The molecule has 7 heteroatoms. The van der Waals surface area contributed by atoms with Gasteiger partial charge in [0.25, 0.3) is 11.5 Å². The van der Waals surface area contributed by atoms with E-state index in [1.807, 2.05) is 26.0 Å². The fourth-order valence-electron chi connectivity index (χ4n) is 2.44. The van der Waals surface area contributed by atoms with Gasteiger partial charge in [-0.05, 0) is 31.0 Å². The number of hydrogen-bond donors (Lipinski definition) is 3. The van der Waals surface area contributed by atoms with E-state index in [0.29, 0.717) is 16.7 Å². The molecule has 0 saturated carbocycles. The number of nitrogens with zero attached hydrogens (tertiary/aromatic N) is 2. The molecule has 3 rings (SSSR count). The lowest BCUT2D eigenvalue weighted by atomic mass is 10.1. The van der Waals surface area contributed by atoms with Crippen molar-refractivity contribution >= 4 is 22.6 Å². The summed E-state index contributed by atoms with van der Waals surface area (Å²) in [5.41, 5.74) is 1.80. The van der Waals surface area contributed by atoms with Crippen LogP contribution in [0.15, 0.2) is 29.2 Å². The quantitative estimate of drug-likeness (QED) is 0.672. The Morgan fingerprint density at radius 1 is 1.35 bits per heavy atom. The standard InChI is InChI=1S/C16H16N4O3/c1-8-4-5-9(2)11(6-8)18-15(22)12-13(21)10-7-17-20(3)14(10)19-16(12)23/h4-7H,1-3H3,(H,18,22)(H2,19,21,23). The van der Waals surface area contributed by atoms with E-state index in [4.69, 9.17) is 0 Å². The first kappa shape index (κ1) is 14.8. The summed E-state index contributed by atoms with van der Waals surface area (Å²) in [6, 6.07) is 5.61. The molecular formula is C16H16N4O3. The van der Waals surface area contributed by atoms with E-state index in [0.717, 1.165) is 11.1 Å². The predicted molar refractivity (Wildman–Crippen MR) is 86.9 cm³/mol. The van der Waals surface area contributed by atoms with Crippen LogP contribution in [0.25, 0.3) is 11.0 Å². The summed E-state index contributed by atoms with van der Waals surface area (Å²) < 4.78 is 1.42. The van der Waals surface area contributed by atoms with Crippen molar-refractivity contribution < 1.29 is 9.90 Å². The molecule has 1 aromatic carbocycles. The van der Waals surface area contributed by atoms with E-state index in [1.165, 1.54) is 10.9 Å². The van der Waals surface area contributed by atoms with Crippen LogP contribution in [-0.4, -0.2) is 25.8 Å². The first-order valence-corrected chi connectivity index (χ1v) is 7.04. The number of aromatic nitrogens is 3. The average molecular weight is 312 g/mol. The molecule has 7 nitrogen and oxygen atoms in total. The number of hydrogen-bond acceptors (Lipinski definition) is 4. The number of rotatable bonds is 2. The van der Waals surface area contributed by atoms with Crippen LogP contribution in [0, 0.1) is 13.8 Å². The zero-order valence-corrected chi connectivity index (χ0v) is 13.0. The number of carbonyl (C=O) groups is 1. The highest BCUT2D eigenvalue weighted by molar-refractivity contribution is 6.08. The van der Waals surface area contributed by atoms with Crippen molar-refractivity contribution in [3.05, 3.63) is 51.4 Å². The first-order chi connectivity index (χ1) is 10.9. The number of H-pyrrole nitrogens is 1. The fraction of sp³-hybridized carbons (Fsp3) is 0.188. The Hall–Kier alpha value is -3.09. The highest BCUT2D eigenvalue weighted by Gasteiger charge is 2.21. The highest BCUT2D eigenvalue weighted by Crippen LogP contribution is 2.25. The number of aryl methyl sites for hydroxylation is 3. The fourth-order valence-corrected chi connectivity index (χ4v) is 2.44. The SMILES string of the molecule is Cc1ccc(C)c(NC(=O)c2c(O)c3cnn(C)c3[nH]c2=O)c1. The Bertz CT molecular complexity index is 985. The van der Waals surface area contributed by atoms with Gasteiger partial charge in [-0.3, -0.25) is 14.3 Å². The second kappa shape index (κ2) is 5.28. The maximum Gasteiger partial charge on any atom is 0.266 e. The van der Waals surface area contributed by atoms with Gasteiger partial charge in [0.1, 0.15) is 17.0 Å². The molecule has 2 aromatic heterocycles. The van der Waals surface area contributed by atoms with Crippen LogP contribution in [0.2, 0.25) is 0 Å². The Labute approximate surface area is 131 Å². The number of pyridine rings is 1. The predicted octanol–water partition coefficient (Wildman–Crippen LogP) is 1.84. The van der Waals surface area contributed by atoms with Gasteiger partial charge in [-0.2, -0.15) is 5.10 Å². The maximum atomic E-state index is 12.5. The number of nitrogens with one attached hydrogen (secondary N) is 2. The van der Waals surface area contributed by atoms with Crippen molar-refractivity contribution in [2.45, 2.75) is 13.8 Å². The molecule has 0 aliphatic heterocycles. The third-order valence-electron chi connectivity index (χ3n) is 3.76. The molecule has 0 spiro atoms. The van der Waals surface area contributed by atoms with Crippen molar-refractivity contribution in [2.75, 3.05) is 5.32 Å². The van der Waals surface area contributed by atoms with Gasteiger partial charge in [-0.25, -0.2) is 0 Å². The smallest absolute Gasteiger partial charge is 0.266 e. The Morgan fingerprint density at radius 3 is 2.83 bits per heavy atom. The minimum atomic E-state index is -0.665. The lowest BCUT2D eigenvalue weighted by molar-refractivity contribution is 0.102. The molecule has 2 heterocycles. The Balaban J connectivity index is 2.08. The van der Waals surface area contributed by atoms with Crippen LogP contribution >= 0.6 is 0 Å². The summed E-state index contributed by atoms with van der Waals surface area (Å²) in [6.07, 6.45) is 1.40. The normalized spacial score (nSPS) is 10.9. The van der Waals surface area contributed by atoms with Crippen molar-refractivity contribution in [3.8, 4) is 5.75 Å². The molecule has 0 fully saturated rings. The monoisotopic (exact) mass is 312 g/mol. The summed E-state index contributed by atoms with van der Waals surface area (Å²) in [4.78, 5) is 27.2. The van der Waals surface area contributed by atoms with Gasteiger partial charge < -0.3 is 15.4 Å². The summed E-state index contributed by atoms with van der Waals surface area (Å²) in [7, 11) is 1.63. The lowest BCUT2D eigenvalue weighted by Crippen LogP contribution is -2.24. The van der Waals surface area contributed by atoms with E-state index in [1.54, 1.807) is 13.1 Å². The summed E-state index contributed by atoms with van der Waals surface area (Å²) in [5.74, 6) is -1.04. The zero-order chi connectivity index (χ0) is 16.7. The Morgan fingerprint density at radius 2 is 2.09 bits per heavy atom. The van der Waals surface area contributed by atoms with Crippen molar-refractivity contribution in [2.24, 2.45) is 7.05 Å². The number of anilines is 1. The number of benzene rings is 1. The molecule has 3 aromatic rings. The molecule has 0 radical (unpaired) electrons. The third-order valence-corrected chi connectivity index (χ3v) is 3.76. The molecule has 0 unspecified atom stereocenters. The average Bonchev–Trinajstić information content (AvgIpc) is 2.85. The molecule has 1 amide bonds. The molecule has 3 N–H and O–H groups in total. The lowest BCUT2D eigenvalue weighted by Gasteiger charge is -2.10. The van der Waals surface area contributed by atoms with Gasteiger partial charge in [-0.1, -0.05) is 12.1 Å². The molecule has 118 valence electrons. The number of aromatic hydroxyl groups is 1. The zero-order valence-electron chi connectivity index (χ0n) is 13.0. The van der Waals surface area contributed by atoms with Crippen LogP contribution in [0.5, 0.6) is 5.75 Å². The highest BCUT2D eigenvalue weighted by atomic mass is 16.3. The van der Waals surface area contributed by atoms with E-state index in [9.17, 15) is 14.7 Å². The Kier molecular flexibility index (Phi) is 3.40. The molecule has 0 atom stereocenters. The van der Waals surface area contributed by atoms with Crippen molar-refractivity contribution in [3.63, 3.8) is 0 Å². The number of aromatic amines is 1. The van der Waals surface area contributed by atoms with Crippen LogP contribution in [0.1, 0.15) is 21.5 Å². The molecular weight excluding hydrogens is 296 g/mol. The first-order valence-electron chi connectivity index (χ1n) is 7.04. The number of fused-ring (bicyclic) bond motifs is 1. The van der Waals surface area contributed by atoms with Gasteiger partial charge in [0, 0.05) is 12.7 Å². The van der Waals surface area contributed by atoms with E-state index in [-0.39, 0.29) is 11.3 Å². The van der Waals surface area contributed by atoms with E-state index in [2.05, 4.69) is 15.4 Å². The second-order valence-electron chi connectivity index (χ2n) is 5.48. The molecule has 0 aliphatic carbocycles. The van der Waals surface area contributed by atoms with Gasteiger partial charge in [0.15, 0.2) is 0 Å². The summed E-state index contributed by atoms with van der Waals surface area (Å²) in [6.45, 7) is 3.75. The molecule has 0 saturated heterocycles. The summed E-state index contributed by atoms with van der Waals surface area (Å²) >= 11 is 0. The largest absolute Gasteiger partial charge is 0.506 e. The van der Waals surface area contributed by atoms with Crippen LogP contribution in [-0.2, 0) is 7.05 Å². The van der Waals surface area contributed by atoms with Gasteiger partial charge in [0.2, 0.25) is 0 Å². The van der Waals surface area contributed by atoms with Gasteiger partial charge in [-0.15, -0.1) is 0 Å². The molecule has 0 aliphatic rings. The van der Waals surface area contributed by atoms with Crippen LogP contribution in [0.4, 0.5) is 5.69 Å². The molecule has 23 heavy (non-hydrogen) atoms. The molecule has 0 bridgehead atoms. The maximum absolute atomic E-state index is 12.5. The number of amides is 1. The minimum Gasteiger partial charge on any atom is -0.506 e. The van der Waals surface area contributed by atoms with Gasteiger partial charge in [0.05, 0.1) is 11.6 Å². The van der Waals surface area contributed by atoms with Crippen molar-refractivity contribution in [1.82, 2.24) is 14.8 Å². The van der Waals surface area contributed by atoms with Gasteiger partial charge >= 0.3 is 0 Å². The second-order valence-corrected chi connectivity index (χ2v) is 5.48. The minimum absolute atomic E-state index is 0.318. The van der Waals surface area contributed by atoms with Crippen LogP contribution in [0.3, 0.4) is 0 Å². The topological polar surface area (TPSA) is 100 Å².